The zero-order chi connectivity index (χ0) is 21.5. The molecule has 0 aliphatic carbocycles. The van der Waals surface area contributed by atoms with Crippen molar-refractivity contribution < 1.29 is 18.8 Å². The van der Waals surface area contributed by atoms with Gasteiger partial charge in [0.25, 0.3) is 5.91 Å². The Balaban J connectivity index is 2.14. The fourth-order valence-electron chi connectivity index (χ4n) is 3.00. The van der Waals surface area contributed by atoms with E-state index in [-0.39, 0.29) is 22.8 Å². The van der Waals surface area contributed by atoms with Crippen LogP contribution >= 0.6 is 11.6 Å². The van der Waals surface area contributed by atoms with Gasteiger partial charge in [-0.2, -0.15) is 5.10 Å². The molecular weight excluding hydrogens is 403 g/mol. The monoisotopic (exact) mass is 422 g/mol. The van der Waals surface area contributed by atoms with Crippen LogP contribution in [0.2, 0.25) is 5.02 Å². The Morgan fingerprint density at radius 3 is 2.52 bits per heavy atom. The highest BCUT2D eigenvalue weighted by Gasteiger charge is 2.34. The lowest BCUT2D eigenvalue weighted by Gasteiger charge is -2.27. The molecule has 0 radical (unpaired) electrons. The van der Waals surface area contributed by atoms with E-state index in [4.69, 9.17) is 23.1 Å². The van der Waals surface area contributed by atoms with E-state index in [0.29, 0.717) is 24.3 Å². The molecule has 0 atom stereocenters. The summed E-state index contributed by atoms with van der Waals surface area (Å²) in [6.07, 6.45) is 0. The van der Waals surface area contributed by atoms with Crippen LogP contribution in [0.5, 0.6) is 0 Å². The van der Waals surface area contributed by atoms with E-state index in [1.807, 2.05) is 0 Å². The number of carbonyl (C=O) groups is 3. The van der Waals surface area contributed by atoms with Gasteiger partial charge in [0.1, 0.15) is 17.1 Å². The fraction of sp³-hybridized carbons (Fsp3) is 0.333. The van der Waals surface area contributed by atoms with Crippen LogP contribution in [0.1, 0.15) is 29.9 Å². The summed E-state index contributed by atoms with van der Waals surface area (Å²) < 4.78 is 15.2. The molecule has 1 aliphatic rings. The molecule has 1 aromatic carbocycles. The third-order valence-electron chi connectivity index (χ3n) is 4.75. The molecule has 0 spiro atoms. The molecule has 2 aromatic rings. The quantitative estimate of drug-likeness (QED) is 0.682. The highest BCUT2D eigenvalue weighted by Crippen LogP contribution is 2.31. The van der Waals surface area contributed by atoms with Gasteiger partial charge >= 0.3 is 6.03 Å². The summed E-state index contributed by atoms with van der Waals surface area (Å²) in [7, 11) is 0. The van der Waals surface area contributed by atoms with Gasteiger partial charge in [-0.1, -0.05) is 11.6 Å². The lowest BCUT2D eigenvalue weighted by molar-refractivity contribution is -0.122. The number of hydrogen-bond acceptors (Lipinski definition) is 4. The average Bonchev–Trinajstić information content (AvgIpc) is 3.02. The first-order chi connectivity index (χ1) is 13.5. The van der Waals surface area contributed by atoms with Gasteiger partial charge in [0.2, 0.25) is 5.91 Å². The molecule has 11 heteroatoms. The van der Waals surface area contributed by atoms with Gasteiger partial charge in [-0.25, -0.2) is 9.18 Å². The first-order valence-corrected chi connectivity index (χ1v) is 9.11. The molecule has 5 N–H and O–H groups in total. The van der Waals surface area contributed by atoms with E-state index in [9.17, 15) is 18.8 Å². The Morgan fingerprint density at radius 2 is 1.93 bits per heavy atom. The Kier molecular flexibility index (Phi) is 5.22. The third kappa shape index (κ3) is 3.88. The molecule has 0 fully saturated rings. The van der Waals surface area contributed by atoms with Crippen molar-refractivity contribution in [3.05, 3.63) is 40.3 Å². The van der Waals surface area contributed by atoms with Crippen LogP contribution in [0, 0.1) is 5.82 Å². The number of benzene rings is 1. The summed E-state index contributed by atoms with van der Waals surface area (Å²) in [5, 5.41) is 6.91. The van der Waals surface area contributed by atoms with E-state index in [0.717, 1.165) is 0 Å². The summed E-state index contributed by atoms with van der Waals surface area (Å²) >= 11 is 5.89. The fourth-order valence-corrected chi connectivity index (χ4v) is 3.18. The maximum Gasteiger partial charge on any atom is 0.315 e. The molecule has 154 valence electrons. The SMILES string of the molecule is CC(C)(NC(=O)c1c(-c2ccc(F)c(Cl)c2)nn2c1CN(C(N)=O)CC2)C(N)=O. The van der Waals surface area contributed by atoms with Crippen LogP contribution in [-0.2, 0) is 17.9 Å². The second kappa shape index (κ2) is 7.36. The zero-order valence-electron chi connectivity index (χ0n) is 15.8. The van der Waals surface area contributed by atoms with Crippen molar-refractivity contribution in [2.75, 3.05) is 6.54 Å². The smallest absolute Gasteiger partial charge is 0.315 e. The number of hydrogen-bond donors (Lipinski definition) is 3. The minimum atomic E-state index is -1.33. The van der Waals surface area contributed by atoms with Crippen LogP contribution < -0.4 is 16.8 Å². The Labute approximate surface area is 170 Å². The van der Waals surface area contributed by atoms with Crippen molar-refractivity contribution in [3.8, 4) is 11.3 Å². The van der Waals surface area contributed by atoms with Crippen LogP contribution in [0.25, 0.3) is 11.3 Å². The van der Waals surface area contributed by atoms with Gasteiger partial charge in [-0.15, -0.1) is 0 Å². The first kappa shape index (κ1) is 20.6. The standard InChI is InChI=1S/C18H20ClFN6O3/c1-18(2,16(21)28)23-15(27)13-12-8-25(17(22)29)5-6-26(12)24-14(13)9-3-4-11(20)10(19)7-9/h3-4,7H,5-6,8H2,1-2H3,(H2,21,28)(H2,22,29)(H,23,27). The highest BCUT2D eigenvalue weighted by molar-refractivity contribution is 6.31. The lowest BCUT2D eigenvalue weighted by Crippen LogP contribution is -2.53. The molecule has 4 amide bonds. The summed E-state index contributed by atoms with van der Waals surface area (Å²) in [5.74, 6) is -1.95. The number of aromatic nitrogens is 2. The molecule has 0 saturated carbocycles. The van der Waals surface area contributed by atoms with Crippen LogP contribution in [0.4, 0.5) is 9.18 Å². The number of carbonyl (C=O) groups excluding carboxylic acids is 3. The van der Waals surface area contributed by atoms with Gasteiger partial charge in [0, 0.05) is 12.1 Å². The van der Waals surface area contributed by atoms with Gasteiger partial charge in [0.15, 0.2) is 0 Å². The minimum absolute atomic E-state index is 0.0526. The summed E-state index contributed by atoms with van der Waals surface area (Å²) in [4.78, 5) is 37.7. The average molecular weight is 423 g/mol. The lowest BCUT2D eigenvalue weighted by atomic mass is 10.0. The molecule has 1 aliphatic heterocycles. The van der Waals surface area contributed by atoms with Crippen molar-refractivity contribution in [2.24, 2.45) is 11.5 Å². The maximum atomic E-state index is 13.6. The van der Waals surface area contributed by atoms with Crippen molar-refractivity contribution >= 4 is 29.4 Å². The second-order valence-corrected chi connectivity index (χ2v) is 7.63. The Morgan fingerprint density at radius 1 is 1.24 bits per heavy atom. The largest absolute Gasteiger partial charge is 0.368 e. The molecular formula is C18H20ClFN6O3. The van der Waals surface area contributed by atoms with E-state index >= 15 is 0 Å². The predicted molar refractivity (Wildman–Crippen MR) is 103 cm³/mol. The Hall–Kier alpha value is -3.14. The number of fused-ring (bicyclic) bond motifs is 1. The molecule has 3 rings (SSSR count). The van der Waals surface area contributed by atoms with Gasteiger partial charge in [-0.3, -0.25) is 14.3 Å². The summed E-state index contributed by atoms with van der Waals surface area (Å²) in [6, 6.07) is 3.33. The van der Waals surface area contributed by atoms with E-state index in [1.165, 1.54) is 36.9 Å². The number of nitrogens with two attached hydrogens (primary N) is 2. The molecule has 1 aromatic heterocycles. The zero-order valence-corrected chi connectivity index (χ0v) is 16.6. The predicted octanol–water partition coefficient (Wildman–Crippen LogP) is 1.23. The van der Waals surface area contributed by atoms with Gasteiger partial charge < -0.3 is 21.7 Å². The van der Waals surface area contributed by atoms with E-state index in [2.05, 4.69) is 10.4 Å². The van der Waals surface area contributed by atoms with Gasteiger partial charge in [-0.05, 0) is 32.0 Å². The number of amides is 4. The third-order valence-corrected chi connectivity index (χ3v) is 5.04. The number of halogens is 2. The number of nitrogens with one attached hydrogen (secondary N) is 1. The van der Waals surface area contributed by atoms with Crippen molar-refractivity contribution in [1.82, 2.24) is 20.0 Å². The van der Waals surface area contributed by atoms with Crippen LogP contribution in [-0.4, -0.2) is 44.6 Å². The number of primary amides is 2. The molecule has 2 heterocycles. The molecule has 0 unspecified atom stereocenters. The molecule has 0 bridgehead atoms. The summed E-state index contributed by atoms with van der Waals surface area (Å²) in [6.45, 7) is 3.62. The van der Waals surface area contributed by atoms with Crippen molar-refractivity contribution in [3.63, 3.8) is 0 Å². The normalized spacial score (nSPS) is 13.7. The molecule has 9 nitrogen and oxygen atoms in total. The van der Waals surface area contributed by atoms with Crippen LogP contribution in [0.3, 0.4) is 0 Å². The number of nitrogens with zero attached hydrogens (tertiary/aromatic N) is 3. The second-order valence-electron chi connectivity index (χ2n) is 7.23. The van der Waals surface area contributed by atoms with Crippen molar-refractivity contribution in [2.45, 2.75) is 32.5 Å². The van der Waals surface area contributed by atoms with Gasteiger partial charge in [0.05, 0.1) is 29.4 Å². The van der Waals surface area contributed by atoms with Crippen LogP contribution in [0.15, 0.2) is 18.2 Å². The van der Waals surface area contributed by atoms with E-state index < -0.39 is 29.2 Å². The maximum absolute atomic E-state index is 13.6. The minimum Gasteiger partial charge on any atom is -0.368 e. The molecule has 0 saturated heterocycles. The highest BCUT2D eigenvalue weighted by atomic mass is 35.5. The molecule has 29 heavy (non-hydrogen) atoms. The summed E-state index contributed by atoms with van der Waals surface area (Å²) in [5.41, 5.74) is 10.6. The van der Waals surface area contributed by atoms with E-state index in [1.54, 1.807) is 4.68 Å². The van der Waals surface area contributed by atoms with Crippen molar-refractivity contribution in [1.29, 1.82) is 0 Å². The number of urea groups is 1. The Bertz CT molecular complexity index is 1020. The number of rotatable bonds is 4. The topological polar surface area (TPSA) is 136 Å². The first-order valence-electron chi connectivity index (χ1n) is 8.73.